The zero-order valence-corrected chi connectivity index (χ0v) is 44.6. The van der Waals surface area contributed by atoms with Crippen LogP contribution in [0.2, 0.25) is 0 Å². The van der Waals surface area contributed by atoms with E-state index in [4.69, 9.17) is 44.2 Å². The van der Waals surface area contributed by atoms with Crippen molar-refractivity contribution in [2.24, 2.45) is 17.8 Å². The maximum Gasteiger partial charge on any atom is 0.308 e. The molecule has 0 amide bonds. The fraction of sp³-hybridized carbons (Fsp3) is 0.217. The summed E-state index contributed by atoms with van der Waals surface area (Å²) in [4.78, 5) is 41.0. The number of benzene rings is 9. The molecule has 1 aliphatic rings. The number of nitrogens with zero attached hydrogens (tertiary/aromatic N) is 3. The largest absolute Gasteiger partial charge is 0.493 e. The molecule has 0 aliphatic heterocycles. The molecule has 0 atom stereocenters. The van der Waals surface area contributed by atoms with E-state index in [0.717, 1.165) is 65.7 Å². The van der Waals surface area contributed by atoms with Crippen molar-refractivity contribution in [3.8, 4) is 68.8 Å². The Kier molecular flexibility index (Phi) is 17.5. The van der Waals surface area contributed by atoms with E-state index in [0.29, 0.717) is 73.0 Å². The van der Waals surface area contributed by atoms with Gasteiger partial charge in [0.25, 0.3) is 0 Å². The Balaban J connectivity index is 0.703. The minimum atomic E-state index is -0.725. The van der Waals surface area contributed by atoms with Crippen molar-refractivity contribution in [2.45, 2.75) is 38.5 Å². The van der Waals surface area contributed by atoms with Crippen LogP contribution in [-0.2, 0) is 28.6 Å². The van der Waals surface area contributed by atoms with Gasteiger partial charge in [-0.1, -0.05) is 91.0 Å². The average molecular weight is 1070 g/mol. The third kappa shape index (κ3) is 14.0. The summed E-state index contributed by atoms with van der Waals surface area (Å²) in [6.45, 7) is 1.18. The summed E-state index contributed by atoms with van der Waals surface area (Å²) in [5.74, 6) is -1.59. The lowest BCUT2D eigenvalue weighted by atomic mass is 9.75. The van der Waals surface area contributed by atoms with Gasteiger partial charge in [-0.15, -0.1) is 0 Å². The van der Waals surface area contributed by atoms with Gasteiger partial charge in [-0.25, -0.2) is 0 Å². The minimum absolute atomic E-state index is 0.0920. The van der Waals surface area contributed by atoms with E-state index in [2.05, 4.69) is 36.4 Å². The van der Waals surface area contributed by atoms with E-state index < -0.39 is 35.7 Å². The van der Waals surface area contributed by atoms with Crippen molar-refractivity contribution in [3.63, 3.8) is 0 Å². The van der Waals surface area contributed by atoms with Crippen LogP contribution in [0.1, 0.15) is 55.2 Å². The third-order valence-electron chi connectivity index (χ3n) is 14.6. The molecule has 0 spiro atoms. The van der Waals surface area contributed by atoms with Gasteiger partial charge in [-0.3, -0.25) is 14.4 Å². The second-order valence-electron chi connectivity index (χ2n) is 20.1. The molecule has 12 nitrogen and oxygen atoms in total. The van der Waals surface area contributed by atoms with Crippen molar-refractivity contribution in [3.05, 3.63) is 199 Å². The van der Waals surface area contributed by atoms with E-state index >= 15 is 0 Å². The number of hydrogen-bond acceptors (Lipinski definition) is 12. The summed E-state index contributed by atoms with van der Waals surface area (Å²) >= 11 is 0. The highest BCUT2D eigenvalue weighted by atomic mass is 16.5. The van der Waals surface area contributed by atoms with Crippen LogP contribution >= 0.6 is 0 Å². The second-order valence-corrected chi connectivity index (χ2v) is 20.1. The molecule has 1 aliphatic carbocycles. The van der Waals surface area contributed by atoms with Gasteiger partial charge in [0, 0.05) is 19.3 Å². The molecular weight excluding hydrogens is 1010 g/mol. The molecule has 1 fully saturated rings. The maximum atomic E-state index is 13.7. The molecule has 402 valence electrons. The second kappa shape index (κ2) is 26.1. The van der Waals surface area contributed by atoms with Crippen molar-refractivity contribution in [1.82, 2.24) is 0 Å². The van der Waals surface area contributed by atoms with Gasteiger partial charge in [0.15, 0.2) is 0 Å². The first-order valence-electron chi connectivity index (χ1n) is 27.2. The van der Waals surface area contributed by atoms with Crippen molar-refractivity contribution < 1.29 is 42.8 Å². The first kappa shape index (κ1) is 54.4. The molecule has 0 bridgehead atoms. The monoisotopic (exact) mass is 1070 g/mol. The van der Waals surface area contributed by atoms with Crippen LogP contribution in [0.5, 0.6) is 17.2 Å². The number of esters is 3. The van der Waals surface area contributed by atoms with Crippen LogP contribution in [0, 0.1) is 51.7 Å². The third-order valence-corrected chi connectivity index (χ3v) is 14.6. The summed E-state index contributed by atoms with van der Waals surface area (Å²) in [6, 6.07) is 65.0. The number of carbonyl (C=O) groups excluding carboxylic acids is 3. The summed E-state index contributed by atoms with van der Waals surface area (Å²) in [5, 5.41) is 33.6. The van der Waals surface area contributed by atoms with Crippen molar-refractivity contribution in [1.29, 1.82) is 15.8 Å². The average Bonchev–Trinajstić information content (AvgIpc) is 3.52. The highest BCUT2D eigenvalue weighted by Crippen LogP contribution is 2.37. The molecule has 0 heterocycles. The topological polar surface area (TPSA) is 178 Å². The fourth-order valence-corrected chi connectivity index (χ4v) is 10.2. The van der Waals surface area contributed by atoms with Gasteiger partial charge in [-0.05, 0) is 176 Å². The van der Waals surface area contributed by atoms with Crippen LogP contribution in [0.25, 0.3) is 65.7 Å². The molecule has 9 aromatic rings. The fourth-order valence-electron chi connectivity index (χ4n) is 10.2. The first-order valence-corrected chi connectivity index (χ1v) is 27.2. The normalized spacial score (nSPS) is 14.7. The molecule has 0 saturated heterocycles. The zero-order chi connectivity index (χ0) is 55.9. The highest BCUT2D eigenvalue weighted by molar-refractivity contribution is 5.91. The molecule has 9 aromatic carbocycles. The minimum Gasteiger partial charge on any atom is -0.493 e. The maximum absolute atomic E-state index is 13.7. The molecule has 10 rings (SSSR count). The van der Waals surface area contributed by atoms with Gasteiger partial charge in [-0.2, -0.15) is 15.8 Å². The number of hydrogen-bond donors (Lipinski definition) is 0. The lowest BCUT2D eigenvalue weighted by Gasteiger charge is -2.31. The van der Waals surface area contributed by atoms with E-state index in [-0.39, 0.29) is 39.1 Å². The van der Waals surface area contributed by atoms with E-state index in [9.17, 15) is 14.4 Å². The quantitative estimate of drug-likeness (QED) is 0.0378. The number of carbonyl (C=O) groups is 3. The molecule has 0 N–H and O–H groups in total. The number of rotatable bonds is 21. The van der Waals surface area contributed by atoms with Gasteiger partial charge in [0.05, 0.1) is 92.3 Å². The van der Waals surface area contributed by atoms with Crippen molar-refractivity contribution >= 4 is 50.2 Å². The Hall–Kier alpha value is -9.96. The van der Waals surface area contributed by atoms with Crippen LogP contribution in [-0.4, -0.2) is 57.5 Å². The number of fused-ring (bicyclic) bond motifs is 3. The van der Waals surface area contributed by atoms with Crippen LogP contribution < -0.4 is 14.2 Å². The van der Waals surface area contributed by atoms with E-state index in [1.54, 1.807) is 36.4 Å². The van der Waals surface area contributed by atoms with Crippen LogP contribution in [0.3, 0.4) is 0 Å². The summed E-state index contributed by atoms with van der Waals surface area (Å²) < 4.78 is 35.4. The molecule has 0 radical (unpaired) electrons. The first-order chi connectivity index (χ1) is 39.7. The Morgan fingerprint density at radius 2 is 0.568 bits per heavy atom. The SMILES string of the molecule is N#Cc1ccc(-c2ccc3cc(OCCCOC(=O)C4CC(C(=O)OCCCOc5ccc6cc(-c7ccc(C#N)cc7)ccc6c5)CC(C(=O)OCCCOc5ccc6cc(-c7ccc(C#N)cc7)ccc6c5)C4)ccc3c2)cc1. The smallest absolute Gasteiger partial charge is 0.308 e. The summed E-state index contributed by atoms with van der Waals surface area (Å²) in [5.41, 5.74) is 8.03. The van der Waals surface area contributed by atoms with Gasteiger partial charge in [0.2, 0.25) is 0 Å². The summed E-state index contributed by atoms with van der Waals surface area (Å²) in [6.07, 6.45) is 1.82. The predicted octanol–water partition coefficient (Wildman–Crippen LogP) is 14.1. The molecule has 0 unspecified atom stereocenters. The van der Waals surface area contributed by atoms with Gasteiger partial charge < -0.3 is 28.4 Å². The van der Waals surface area contributed by atoms with E-state index in [1.807, 2.05) is 127 Å². The van der Waals surface area contributed by atoms with Crippen molar-refractivity contribution in [2.75, 3.05) is 39.6 Å². The number of ether oxygens (including phenoxy) is 6. The number of nitriles is 3. The molecule has 1 saturated carbocycles. The van der Waals surface area contributed by atoms with Crippen LogP contribution in [0.4, 0.5) is 0 Å². The lowest BCUT2D eigenvalue weighted by Crippen LogP contribution is -2.37. The van der Waals surface area contributed by atoms with Gasteiger partial charge >= 0.3 is 17.9 Å². The molecule has 81 heavy (non-hydrogen) atoms. The van der Waals surface area contributed by atoms with Gasteiger partial charge in [0.1, 0.15) is 17.2 Å². The van der Waals surface area contributed by atoms with E-state index in [1.165, 1.54) is 0 Å². The molecule has 12 heteroatoms. The molecular formula is C69H57N3O9. The Morgan fingerprint density at radius 1 is 0.321 bits per heavy atom. The highest BCUT2D eigenvalue weighted by Gasteiger charge is 2.41. The van der Waals surface area contributed by atoms with Crippen LogP contribution in [0.15, 0.2) is 182 Å². The Labute approximate surface area is 470 Å². The summed E-state index contributed by atoms with van der Waals surface area (Å²) in [7, 11) is 0. The Morgan fingerprint density at radius 3 is 0.840 bits per heavy atom. The standard InChI is InChI=1S/C69H57N3O9/c70-43-46-4-10-49(11-5-46)52-16-19-58-40-64(25-22-55(58)34-52)76-28-1-31-79-67(73)61-37-62(68(74)80-32-2-29-77-65-26-23-56-35-53(17-20-59(56)41-65)50-12-6-47(44-71)7-13-50)39-63(38-61)69(75)81-33-3-30-78-66-27-24-57-36-54(18-21-60(57)42-66)51-14-8-48(45-72)9-15-51/h4-27,34-36,40-42,61-63H,1-3,28-33,37-39H2. The Bertz CT molecular complexity index is 3450. The lowest BCUT2D eigenvalue weighted by molar-refractivity contribution is -0.161. The molecule has 0 aromatic heterocycles. The zero-order valence-electron chi connectivity index (χ0n) is 44.6. The predicted molar refractivity (Wildman–Crippen MR) is 310 cm³/mol.